The number of carbonyl (C=O) groups is 2. The summed E-state index contributed by atoms with van der Waals surface area (Å²) in [5.74, 6) is -0.649. The maximum atomic E-state index is 11.8. The first-order valence-electron chi connectivity index (χ1n) is 5.52. The van der Waals surface area contributed by atoms with Crippen molar-refractivity contribution in [3.05, 3.63) is 28.8 Å². The van der Waals surface area contributed by atoms with Crippen LogP contribution in [0.15, 0.2) is 18.2 Å². The average molecular weight is 306 g/mol. The zero-order chi connectivity index (χ0) is 13.7. The molecule has 1 aromatic carbocycles. The van der Waals surface area contributed by atoms with Gasteiger partial charge >= 0.3 is 0 Å². The van der Waals surface area contributed by atoms with Crippen molar-refractivity contribution in [2.45, 2.75) is 19.9 Å². The first-order chi connectivity index (χ1) is 8.40. The van der Waals surface area contributed by atoms with Gasteiger partial charge in [-0.2, -0.15) is 0 Å². The standard InChI is InChI=1S/C12H16ClN3O2.ClH/c1-7(2)16-11(17)6-15-12(18)9-4-3-8(14)5-10(9)13;/h3-5,7H,6,14H2,1-2H3,(H,15,18)(H,16,17);1H. The minimum absolute atomic E-state index is 0. The van der Waals surface area contributed by atoms with Gasteiger partial charge in [0.05, 0.1) is 17.1 Å². The van der Waals surface area contributed by atoms with Crippen LogP contribution < -0.4 is 16.4 Å². The van der Waals surface area contributed by atoms with Crippen LogP contribution in [0.3, 0.4) is 0 Å². The molecule has 0 saturated heterocycles. The van der Waals surface area contributed by atoms with Gasteiger partial charge in [-0.3, -0.25) is 9.59 Å². The van der Waals surface area contributed by atoms with Gasteiger partial charge in [0.2, 0.25) is 5.91 Å². The van der Waals surface area contributed by atoms with Gasteiger partial charge in [0.25, 0.3) is 5.91 Å². The molecular weight excluding hydrogens is 289 g/mol. The van der Waals surface area contributed by atoms with Gasteiger partial charge in [0.15, 0.2) is 0 Å². The third-order valence-electron chi connectivity index (χ3n) is 2.10. The Kier molecular flexibility index (Phi) is 7.26. The van der Waals surface area contributed by atoms with Crippen molar-refractivity contribution in [2.75, 3.05) is 12.3 Å². The number of benzene rings is 1. The van der Waals surface area contributed by atoms with Gasteiger partial charge in [0, 0.05) is 11.7 Å². The molecule has 0 aliphatic carbocycles. The summed E-state index contributed by atoms with van der Waals surface area (Å²) < 4.78 is 0. The summed E-state index contributed by atoms with van der Waals surface area (Å²) in [4.78, 5) is 23.1. The highest BCUT2D eigenvalue weighted by atomic mass is 35.5. The second kappa shape index (κ2) is 7.86. The third-order valence-corrected chi connectivity index (χ3v) is 2.41. The molecule has 4 N–H and O–H groups in total. The molecule has 5 nitrogen and oxygen atoms in total. The Balaban J connectivity index is 0.00000324. The summed E-state index contributed by atoms with van der Waals surface area (Å²) in [6.45, 7) is 3.60. The Morgan fingerprint density at radius 2 is 2.00 bits per heavy atom. The highest BCUT2D eigenvalue weighted by Crippen LogP contribution is 2.18. The first-order valence-corrected chi connectivity index (χ1v) is 5.90. The number of hydrogen-bond acceptors (Lipinski definition) is 3. The average Bonchev–Trinajstić information content (AvgIpc) is 2.25. The number of amides is 2. The van der Waals surface area contributed by atoms with Gasteiger partial charge in [-0.05, 0) is 32.0 Å². The molecule has 0 aliphatic heterocycles. The van der Waals surface area contributed by atoms with Crippen LogP contribution in [0.2, 0.25) is 5.02 Å². The lowest BCUT2D eigenvalue weighted by Gasteiger charge is -2.10. The molecule has 0 spiro atoms. The molecule has 0 fully saturated rings. The molecule has 19 heavy (non-hydrogen) atoms. The molecule has 2 amide bonds. The summed E-state index contributed by atoms with van der Waals surface area (Å²) >= 11 is 5.88. The van der Waals surface area contributed by atoms with Crippen LogP contribution >= 0.6 is 24.0 Å². The fraction of sp³-hybridized carbons (Fsp3) is 0.333. The maximum Gasteiger partial charge on any atom is 0.253 e. The van der Waals surface area contributed by atoms with Crippen molar-refractivity contribution in [1.82, 2.24) is 10.6 Å². The lowest BCUT2D eigenvalue weighted by molar-refractivity contribution is -0.120. The fourth-order valence-electron chi connectivity index (χ4n) is 1.34. The largest absolute Gasteiger partial charge is 0.399 e. The molecule has 0 bridgehead atoms. The minimum Gasteiger partial charge on any atom is -0.399 e. The number of anilines is 1. The van der Waals surface area contributed by atoms with E-state index in [9.17, 15) is 9.59 Å². The molecule has 0 radical (unpaired) electrons. The summed E-state index contributed by atoms with van der Waals surface area (Å²) in [5.41, 5.74) is 6.30. The van der Waals surface area contributed by atoms with E-state index in [2.05, 4.69) is 10.6 Å². The van der Waals surface area contributed by atoms with Gasteiger partial charge in [0.1, 0.15) is 0 Å². The van der Waals surface area contributed by atoms with E-state index in [0.29, 0.717) is 11.3 Å². The molecule has 1 aromatic rings. The molecule has 1 rings (SSSR count). The monoisotopic (exact) mass is 305 g/mol. The summed E-state index contributed by atoms with van der Waals surface area (Å²) in [6.07, 6.45) is 0. The van der Waals surface area contributed by atoms with Crippen LogP contribution in [0.4, 0.5) is 5.69 Å². The van der Waals surface area contributed by atoms with Crippen LogP contribution in [0, 0.1) is 0 Å². The maximum absolute atomic E-state index is 11.8. The number of halogens is 2. The van der Waals surface area contributed by atoms with Crippen LogP contribution in [0.25, 0.3) is 0 Å². The Hall–Kier alpha value is -1.46. The summed E-state index contributed by atoms with van der Waals surface area (Å²) in [5, 5.41) is 5.42. The zero-order valence-electron chi connectivity index (χ0n) is 10.7. The third kappa shape index (κ3) is 5.81. The highest BCUT2D eigenvalue weighted by Gasteiger charge is 2.11. The number of hydrogen-bond donors (Lipinski definition) is 3. The SMILES string of the molecule is CC(C)NC(=O)CNC(=O)c1ccc(N)cc1Cl.Cl. The minimum atomic E-state index is -0.404. The highest BCUT2D eigenvalue weighted by molar-refractivity contribution is 6.34. The topological polar surface area (TPSA) is 84.2 Å². The number of nitrogen functional groups attached to an aromatic ring is 1. The summed E-state index contributed by atoms with van der Waals surface area (Å²) in [6, 6.07) is 4.63. The Morgan fingerprint density at radius 1 is 1.37 bits per heavy atom. The molecule has 0 heterocycles. The molecule has 0 aliphatic rings. The van der Waals surface area contributed by atoms with Crippen LogP contribution in [0.5, 0.6) is 0 Å². The number of rotatable bonds is 4. The predicted molar refractivity (Wildman–Crippen MR) is 78.7 cm³/mol. The van der Waals surface area contributed by atoms with Crippen molar-refractivity contribution >= 4 is 41.5 Å². The summed E-state index contributed by atoms with van der Waals surface area (Å²) in [7, 11) is 0. The van der Waals surface area contributed by atoms with Crippen molar-refractivity contribution < 1.29 is 9.59 Å². The smallest absolute Gasteiger partial charge is 0.253 e. The van der Waals surface area contributed by atoms with Gasteiger partial charge in [-0.15, -0.1) is 12.4 Å². The normalized spacial score (nSPS) is 9.68. The van der Waals surface area contributed by atoms with E-state index < -0.39 is 5.91 Å². The van der Waals surface area contributed by atoms with Crippen LogP contribution in [-0.4, -0.2) is 24.4 Å². The lowest BCUT2D eigenvalue weighted by atomic mass is 10.2. The van der Waals surface area contributed by atoms with Crippen molar-refractivity contribution in [3.8, 4) is 0 Å². The van der Waals surface area contributed by atoms with E-state index in [1.165, 1.54) is 12.1 Å². The van der Waals surface area contributed by atoms with Crippen LogP contribution in [-0.2, 0) is 4.79 Å². The van der Waals surface area contributed by atoms with Crippen molar-refractivity contribution in [3.63, 3.8) is 0 Å². The molecule has 0 saturated carbocycles. The number of nitrogens with one attached hydrogen (secondary N) is 2. The lowest BCUT2D eigenvalue weighted by Crippen LogP contribution is -2.39. The van der Waals surface area contributed by atoms with E-state index >= 15 is 0 Å². The quantitative estimate of drug-likeness (QED) is 0.739. The number of nitrogens with two attached hydrogens (primary N) is 1. The molecular formula is C12H17Cl2N3O2. The van der Waals surface area contributed by atoms with Crippen molar-refractivity contribution in [1.29, 1.82) is 0 Å². The second-order valence-electron chi connectivity index (χ2n) is 4.14. The van der Waals surface area contributed by atoms with Crippen molar-refractivity contribution in [2.24, 2.45) is 0 Å². The van der Waals surface area contributed by atoms with E-state index in [1.54, 1.807) is 6.07 Å². The Morgan fingerprint density at radius 3 is 2.53 bits per heavy atom. The fourth-order valence-corrected chi connectivity index (χ4v) is 1.62. The molecule has 106 valence electrons. The first kappa shape index (κ1) is 17.5. The van der Waals surface area contributed by atoms with Gasteiger partial charge < -0.3 is 16.4 Å². The zero-order valence-corrected chi connectivity index (χ0v) is 12.3. The van der Waals surface area contributed by atoms with E-state index in [0.717, 1.165) is 0 Å². The van der Waals surface area contributed by atoms with Gasteiger partial charge in [-0.25, -0.2) is 0 Å². The van der Waals surface area contributed by atoms with E-state index in [1.807, 2.05) is 13.8 Å². The Bertz CT molecular complexity index is 464. The molecule has 0 unspecified atom stereocenters. The molecule has 7 heteroatoms. The molecule has 0 atom stereocenters. The number of carbonyl (C=O) groups excluding carboxylic acids is 2. The van der Waals surface area contributed by atoms with E-state index in [-0.39, 0.29) is 35.9 Å². The van der Waals surface area contributed by atoms with Crippen LogP contribution in [0.1, 0.15) is 24.2 Å². The molecule has 0 aromatic heterocycles. The predicted octanol–water partition coefficient (Wildman–Crippen LogP) is 1.60. The Labute approximate surface area is 123 Å². The second-order valence-corrected chi connectivity index (χ2v) is 4.55. The van der Waals surface area contributed by atoms with Gasteiger partial charge in [-0.1, -0.05) is 11.6 Å². The van der Waals surface area contributed by atoms with E-state index in [4.69, 9.17) is 17.3 Å².